The Kier molecular flexibility index (Phi) is 5.06. The van der Waals surface area contributed by atoms with E-state index in [-0.39, 0.29) is 5.56 Å². The van der Waals surface area contributed by atoms with Gasteiger partial charge in [-0.25, -0.2) is 8.78 Å². The van der Waals surface area contributed by atoms with E-state index in [1.165, 1.54) is 12.1 Å². The quantitative estimate of drug-likeness (QED) is 0.810. The second-order valence-electron chi connectivity index (χ2n) is 3.88. The third kappa shape index (κ3) is 3.48. The van der Waals surface area contributed by atoms with Crippen molar-refractivity contribution in [3.05, 3.63) is 35.4 Å². The zero-order chi connectivity index (χ0) is 13.1. The zero-order valence-corrected chi connectivity index (χ0v) is 12.2. The Bertz CT molecular complexity index is 422. The van der Waals surface area contributed by atoms with Gasteiger partial charge in [0.2, 0.25) is 0 Å². The smallest absolute Gasteiger partial charge is 0.254 e. The normalized spacial score (nSPS) is 11.4. The topological polar surface area (TPSA) is 29.1 Å². The third-order valence-electron chi connectivity index (χ3n) is 2.20. The first kappa shape index (κ1) is 14.6. The number of hydrogen-bond donors (Lipinski definition) is 1. The van der Waals surface area contributed by atoms with Crippen LogP contribution in [0.4, 0.5) is 8.78 Å². The first-order chi connectivity index (χ1) is 7.93. The molecule has 0 bridgehead atoms. The molecular formula is C11H11Br2F2NO. The van der Waals surface area contributed by atoms with Gasteiger partial charge >= 0.3 is 0 Å². The van der Waals surface area contributed by atoms with E-state index >= 15 is 0 Å². The molecule has 1 N–H and O–H groups in total. The van der Waals surface area contributed by atoms with Gasteiger partial charge in [0.1, 0.15) is 0 Å². The molecule has 94 valence electrons. The summed E-state index contributed by atoms with van der Waals surface area (Å²) in [5, 5.41) is 3.63. The first-order valence-electron chi connectivity index (χ1n) is 4.82. The van der Waals surface area contributed by atoms with E-state index in [0.29, 0.717) is 10.7 Å². The van der Waals surface area contributed by atoms with Gasteiger partial charge < -0.3 is 5.32 Å². The van der Waals surface area contributed by atoms with Crippen molar-refractivity contribution in [3.8, 4) is 0 Å². The fourth-order valence-corrected chi connectivity index (χ4v) is 2.33. The van der Waals surface area contributed by atoms with Crippen LogP contribution in [0.25, 0.3) is 0 Å². The number of hydrogen-bond acceptors (Lipinski definition) is 1. The number of rotatable bonds is 4. The van der Waals surface area contributed by atoms with Gasteiger partial charge in [-0.2, -0.15) is 0 Å². The lowest BCUT2D eigenvalue weighted by Gasteiger charge is -2.26. The molecule has 1 rings (SSSR count). The molecule has 17 heavy (non-hydrogen) atoms. The highest BCUT2D eigenvalue weighted by molar-refractivity contribution is 9.09. The SMILES string of the molecule is CC(CBr)(CBr)NC(=O)c1cccc(F)c1F. The predicted octanol–water partition coefficient (Wildman–Crippen LogP) is 3.24. The largest absolute Gasteiger partial charge is 0.345 e. The van der Waals surface area contributed by atoms with E-state index in [9.17, 15) is 13.6 Å². The van der Waals surface area contributed by atoms with E-state index in [1.54, 1.807) is 6.92 Å². The van der Waals surface area contributed by atoms with Gasteiger partial charge in [0.05, 0.1) is 11.1 Å². The minimum Gasteiger partial charge on any atom is -0.345 e. The number of benzene rings is 1. The molecule has 0 unspecified atom stereocenters. The molecule has 0 atom stereocenters. The molecule has 0 aliphatic carbocycles. The van der Waals surface area contributed by atoms with Crippen molar-refractivity contribution in [2.45, 2.75) is 12.5 Å². The lowest BCUT2D eigenvalue weighted by molar-refractivity contribution is 0.0918. The maximum absolute atomic E-state index is 13.4. The highest BCUT2D eigenvalue weighted by Gasteiger charge is 2.26. The molecule has 0 heterocycles. The lowest BCUT2D eigenvalue weighted by atomic mass is 10.1. The van der Waals surface area contributed by atoms with Gasteiger partial charge in [-0.15, -0.1) is 0 Å². The molecule has 0 spiro atoms. The fraction of sp³-hybridized carbons (Fsp3) is 0.364. The Hall–Kier alpha value is -0.490. The van der Waals surface area contributed by atoms with Gasteiger partial charge in [0, 0.05) is 10.7 Å². The van der Waals surface area contributed by atoms with Crippen LogP contribution in [-0.4, -0.2) is 22.1 Å². The highest BCUT2D eigenvalue weighted by atomic mass is 79.9. The summed E-state index contributed by atoms with van der Waals surface area (Å²) in [6.07, 6.45) is 0. The summed E-state index contributed by atoms with van der Waals surface area (Å²) < 4.78 is 26.3. The van der Waals surface area contributed by atoms with Gasteiger partial charge in [-0.3, -0.25) is 4.79 Å². The standard InChI is InChI=1S/C11H11Br2F2NO/c1-11(5-12,6-13)16-10(17)7-3-2-4-8(14)9(7)15/h2-4H,5-6H2,1H3,(H,16,17). The lowest BCUT2D eigenvalue weighted by Crippen LogP contribution is -2.49. The Balaban J connectivity index is 2.94. The highest BCUT2D eigenvalue weighted by Crippen LogP contribution is 2.15. The Morgan fingerprint density at radius 3 is 2.47 bits per heavy atom. The molecule has 1 aromatic carbocycles. The van der Waals surface area contributed by atoms with Crippen LogP contribution < -0.4 is 5.32 Å². The van der Waals surface area contributed by atoms with E-state index in [2.05, 4.69) is 37.2 Å². The molecular weight excluding hydrogens is 360 g/mol. The fourth-order valence-electron chi connectivity index (χ4n) is 1.12. The van der Waals surface area contributed by atoms with E-state index in [0.717, 1.165) is 6.07 Å². The monoisotopic (exact) mass is 369 g/mol. The minimum atomic E-state index is -1.13. The molecule has 0 radical (unpaired) electrons. The molecule has 0 saturated carbocycles. The van der Waals surface area contributed by atoms with Crippen LogP contribution in [0, 0.1) is 11.6 Å². The van der Waals surface area contributed by atoms with Crippen molar-refractivity contribution < 1.29 is 13.6 Å². The number of carbonyl (C=O) groups is 1. The van der Waals surface area contributed by atoms with Gasteiger partial charge in [-0.05, 0) is 19.1 Å². The summed E-state index contributed by atoms with van der Waals surface area (Å²) in [5.41, 5.74) is -0.853. The summed E-state index contributed by atoms with van der Waals surface area (Å²) in [7, 11) is 0. The third-order valence-corrected chi connectivity index (χ3v) is 4.68. The van der Waals surface area contributed by atoms with Crippen LogP contribution >= 0.6 is 31.9 Å². The average molecular weight is 371 g/mol. The van der Waals surface area contributed by atoms with Gasteiger partial charge in [0.25, 0.3) is 5.91 Å². The van der Waals surface area contributed by atoms with Crippen LogP contribution in [0.1, 0.15) is 17.3 Å². The molecule has 1 aromatic rings. The molecule has 0 aromatic heterocycles. The van der Waals surface area contributed by atoms with Gasteiger partial charge in [0.15, 0.2) is 11.6 Å². The van der Waals surface area contributed by atoms with Crippen molar-refractivity contribution in [1.29, 1.82) is 0 Å². The number of nitrogens with one attached hydrogen (secondary N) is 1. The predicted molar refractivity (Wildman–Crippen MR) is 69.8 cm³/mol. The summed E-state index contributed by atoms with van der Waals surface area (Å²) in [6, 6.07) is 3.52. The van der Waals surface area contributed by atoms with Gasteiger partial charge in [-0.1, -0.05) is 37.9 Å². The van der Waals surface area contributed by atoms with E-state index in [1.807, 2.05) is 0 Å². The van der Waals surface area contributed by atoms with Crippen LogP contribution in [-0.2, 0) is 0 Å². The summed E-state index contributed by atoms with van der Waals surface area (Å²) in [5.74, 6) is -2.79. The molecule has 0 aliphatic heterocycles. The molecule has 0 saturated heterocycles. The zero-order valence-electron chi connectivity index (χ0n) is 9.07. The maximum atomic E-state index is 13.4. The minimum absolute atomic E-state index is 0.293. The molecule has 0 fully saturated rings. The van der Waals surface area contributed by atoms with Crippen LogP contribution in [0.15, 0.2) is 18.2 Å². The van der Waals surface area contributed by atoms with Crippen molar-refractivity contribution in [3.63, 3.8) is 0 Å². The van der Waals surface area contributed by atoms with Crippen molar-refractivity contribution in [1.82, 2.24) is 5.32 Å². The average Bonchev–Trinajstić information content (AvgIpc) is 2.32. The Morgan fingerprint density at radius 2 is 1.94 bits per heavy atom. The maximum Gasteiger partial charge on any atom is 0.254 e. The van der Waals surface area contributed by atoms with Crippen LogP contribution in [0.5, 0.6) is 0 Å². The first-order valence-corrected chi connectivity index (χ1v) is 7.06. The summed E-state index contributed by atoms with van der Waals surface area (Å²) in [6.45, 7) is 1.78. The Labute approximate surface area is 115 Å². The van der Waals surface area contributed by atoms with Crippen LogP contribution in [0.2, 0.25) is 0 Å². The molecule has 2 nitrogen and oxygen atoms in total. The van der Waals surface area contributed by atoms with Crippen LogP contribution in [0.3, 0.4) is 0 Å². The second kappa shape index (κ2) is 5.91. The van der Waals surface area contributed by atoms with E-state index in [4.69, 9.17) is 0 Å². The molecule has 1 amide bonds. The molecule has 6 heteroatoms. The van der Waals surface area contributed by atoms with Crippen molar-refractivity contribution >= 4 is 37.8 Å². The summed E-state index contributed by atoms with van der Waals surface area (Å²) in [4.78, 5) is 11.8. The number of alkyl halides is 2. The van der Waals surface area contributed by atoms with Crippen molar-refractivity contribution in [2.75, 3.05) is 10.7 Å². The molecule has 0 aliphatic rings. The number of halogens is 4. The second-order valence-corrected chi connectivity index (χ2v) is 5.00. The van der Waals surface area contributed by atoms with E-state index < -0.39 is 23.1 Å². The Morgan fingerprint density at radius 1 is 1.35 bits per heavy atom. The number of amides is 1. The number of carbonyl (C=O) groups excluding carboxylic acids is 1. The van der Waals surface area contributed by atoms with Crippen molar-refractivity contribution in [2.24, 2.45) is 0 Å². The summed E-state index contributed by atoms with van der Waals surface area (Å²) >= 11 is 6.51.